The molecular weight excluding hydrogens is 487 g/mol. The van der Waals surface area contributed by atoms with Crippen molar-refractivity contribution in [1.82, 2.24) is 10.2 Å². The van der Waals surface area contributed by atoms with E-state index >= 15 is 0 Å². The number of benzene rings is 1. The molecule has 0 spiro atoms. The van der Waals surface area contributed by atoms with Crippen LogP contribution in [0.3, 0.4) is 0 Å². The molecule has 0 bridgehead atoms. The molecule has 2 aromatic heterocycles. The van der Waals surface area contributed by atoms with Crippen LogP contribution in [-0.4, -0.2) is 36.4 Å². The molecule has 1 saturated heterocycles. The summed E-state index contributed by atoms with van der Waals surface area (Å²) in [6.45, 7) is 10.2. The lowest BCUT2D eigenvalue weighted by molar-refractivity contribution is -0.119. The second-order valence-electron chi connectivity index (χ2n) is 9.66. The Labute approximate surface area is 217 Å². The van der Waals surface area contributed by atoms with Crippen LogP contribution in [0.4, 0.5) is 0 Å². The number of halogens is 2. The molecule has 3 aromatic rings. The van der Waals surface area contributed by atoms with Crippen LogP contribution in [0.15, 0.2) is 22.8 Å². The van der Waals surface area contributed by atoms with Crippen molar-refractivity contribution >= 4 is 52.1 Å². The summed E-state index contributed by atoms with van der Waals surface area (Å²) in [5, 5.41) is 5.43. The van der Waals surface area contributed by atoms with Crippen LogP contribution in [0.2, 0.25) is 5.02 Å². The molecule has 34 heavy (non-hydrogen) atoms. The highest BCUT2D eigenvalue weighted by Crippen LogP contribution is 2.37. The summed E-state index contributed by atoms with van der Waals surface area (Å²) in [4.78, 5) is 17.4. The molecule has 1 fully saturated rings. The summed E-state index contributed by atoms with van der Waals surface area (Å²) in [5.41, 5.74) is 6.32. The Morgan fingerprint density at radius 3 is 2.76 bits per heavy atom. The Morgan fingerprint density at radius 2 is 2.06 bits per heavy atom. The molecule has 0 radical (unpaired) electrons. The normalized spacial score (nSPS) is 19.2. The van der Waals surface area contributed by atoms with Crippen LogP contribution >= 0.6 is 35.3 Å². The van der Waals surface area contributed by atoms with Crippen LogP contribution < -0.4 is 5.32 Å². The molecule has 1 unspecified atom stereocenters. The van der Waals surface area contributed by atoms with Crippen LogP contribution in [0.25, 0.3) is 11.0 Å². The third-order valence-corrected chi connectivity index (χ3v) is 9.37. The minimum atomic E-state index is -0.00877. The molecule has 1 aromatic carbocycles. The quantitative estimate of drug-likeness (QED) is 0.404. The zero-order chi connectivity index (χ0) is 23.1. The molecule has 2 aliphatic heterocycles. The zero-order valence-corrected chi connectivity index (χ0v) is 22.6. The molecule has 184 valence electrons. The predicted octanol–water partition coefficient (Wildman–Crippen LogP) is 6.47. The Morgan fingerprint density at radius 1 is 1.29 bits per heavy atom. The number of likely N-dealkylation sites (tertiary alicyclic amines) is 1. The Kier molecular flexibility index (Phi) is 8.10. The summed E-state index contributed by atoms with van der Waals surface area (Å²) in [5.74, 6) is 0.787. The highest BCUT2D eigenvalue weighted by atomic mass is 35.5. The van der Waals surface area contributed by atoms with Gasteiger partial charge in [-0.1, -0.05) is 18.5 Å². The lowest BCUT2D eigenvalue weighted by Gasteiger charge is -2.31. The van der Waals surface area contributed by atoms with Crippen LogP contribution in [-0.2, 0) is 30.6 Å². The third-order valence-electron chi connectivity index (χ3n) is 7.61. The van der Waals surface area contributed by atoms with Crippen molar-refractivity contribution in [3.8, 4) is 0 Å². The zero-order valence-electron chi connectivity index (χ0n) is 20.2. The summed E-state index contributed by atoms with van der Waals surface area (Å²) in [6, 6.07) is 4.12. The molecule has 4 nitrogen and oxygen atoms in total. The first-order valence-corrected chi connectivity index (χ1v) is 13.4. The minimum Gasteiger partial charge on any atom is -0.464 e. The van der Waals surface area contributed by atoms with Gasteiger partial charge in [0.25, 0.3) is 0 Å². The number of aryl methyl sites for hydroxylation is 1. The van der Waals surface area contributed by atoms with Gasteiger partial charge < -0.3 is 14.6 Å². The van der Waals surface area contributed by atoms with E-state index < -0.39 is 0 Å². The molecule has 5 rings (SSSR count). The molecule has 2 aliphatic rings. The van der Waals surface area contributed by atoms with Gasteiger partial charge in [0.15, 0.2) is 0 Å². The number of carbonyl (C=O) groups excluding carboxylic acids is 1. The lowest BCUT2D eigenvalue weighted by Crippen LogP contribution is -2.40. The number of hydrogen-bond acceptors (Lipinski definition) is 5. The van der Waals surface area contributed by atoms with Crippen molar-refractivity contribution in [3.05, 3.63) is 55.4 Å². The van der Waals surface area contributed by atoms with Gasteiger partial charge in [-0.3, -0.25) is 4.79 Å². The van der Waals surface area contributed by atoms with E-state index in [1.807, 2.05) is 24.5 Å². The van der Waals surface area contributed by atoms with E-state index in [0.717, 1.165) is 74.5 Å². The average molecular weight is 522 g/mol. The van der Waals surface area contributed by atoms with Gasteiger partial charge in [-0.15, -0.1) is 23.7 Å². The Bertz CT molecular complexity index is 1180. The number of hydrogen-bond donors (Lipinski definition) is 1. The summed E-state index contributed by atoms with van der Waals surface area (Å²) < 4.78 is 5.86. The van der Waals surface area contributed by atoms with Gasteiger partial charge in [-0.05, 0) is 87.4 Å². The topological polar surface area (TPSA) is 45.5 Å². The largest absolute Gasteiger partial charge is 0.464 e. The number of Topliss-reactive ketones (excluding diaryl/α,β-unsaturated/α-hetero) is 1. The van der Waals surface area contributed by atoms with E-state index in [4.69, 9.17) is 16.0 Å². The number of rotatable bonds is 6. The van der Waals surface area contributed by atoms with Crippen molar-refractivity contribution in [2.45, 2.75) is 71.4 Å². The second-order valence-corrected chi connectivity index (χ2v) is 11.3. The van der Waals surface area contributed by atoms with Gasteiger partial charge in [-0.25, -0.2) is 0 Å². The summed E-state index contributed by atoms with van der Waals surface area (Å²) in [6.07, 6.45) is 7.31. The number of thiophene rings is 1. The molecule has 1 N–H and O–H groups in total. The van der Waals surface area contributed by atoms with E-state index in [0.29, 0.717) is 5.92 Å². The second kappa shape index (κ2) is 10.7. The summed E-state index contributed by atoms with van der Waals surface area (Å²) in [7, 11) is 0. The summed E-state index contributed by atoms with van der Waals surface area (Å²) >= 11 is 8.35. The number of furan rings is 1. The first kappa shape index (κ1) is 25.7. The number of piperidine rings is 1. The van der Waals surface area contributed by atoms with Crippen molar-refractivity contribution < 1.29 is 9.21 Å². The van der Waals surface area contributed by atoms with E-state index in [1.54, 1.807) is 6.92 Å². The fourth-order valence-corrected chi connectivity index (χ4v) is 7.19. The van der Waals surface area contributed by atoms with Crippen LogP contribution in [0.5, 0.6) is 0 Å². The first-order chi connectivity index (χ1) is 15.9. The van der Waals surface area contributed by atoms with E-state index in [1.165, 1.54) is 31.8 Å². The molecule has 0 saturated carbocycles. The van der Waals surface area contributed by atoms with E-state index in [9.17, 15) is 4.79 Å². The van der Waals surface area contributed by atoms with Gasteiger partial charge >= 0.3 is 0 Å². The highest BCUT2D eigenvalue weighted by Gasteiger charge is 2.28. The number of fused-ring (bicyclic) bond motifs is 2. The van der Waals surface area contributed by atoms with Gasteiger partial charge in [0.05, 0.1) is 12.3 Å². The number of carbonyl (C=O) groups is 1. The fraction of sp³-hybridized carbons (Fsp3) is 0.519. The fourth-order valence-electron chi connectivity index (χ4n) is 5.57. The van der Waals surface area contributed by atoms with Crippen molar-refractivity contribution in [3.63, 3.8) is 0 Å². The Hall–Kier alpha value is -1.37. The lowest BCUT2D eigenvalue weighted by atomic mass is 9.89. The van der Waals surface area contributed by atoms with Gasteiger partial charge in [-0.2, -0.15) is 0 Å². The number of ketones is 1. The maximum atomic E-state index is 11.8. The average Bonchev–Trinajstić information content (AvgIpc) is 3.38. The molecule has 0 aliphatic carbocycles. The van der Waals surface area contributed by atoms with Gasteiger partial charge in [0, 0.05) is 45.2 Å². The third kappa shape index (κ3) is 4.96. The number of nitrogens with zero attached hydrogens (tertiary/aromatic N) is 1. The van der Waals surface area contributed by atoms with E-state index in [2.05, 4.69) is 29.3 Å². The maximum absolute atomic E-state index is 11.8. The van der Waals surface area contributed by atoms with Crippen LogP contribution in [0, 0.1) is 6.92 Å². The maximum Gasteiger partial charge on any atom is 0.147 e. The molecule has 4 heterocycles. The van der Waals surface area contributed by atoms with Crippen LogP contribution in [0.1, 0.15) is 64.6 Å². The molecule has 1 atom stereocenters. The monoisotopic (exact) mass is 520 g/mol. The van der Waals surface area contributed by atoms with Gasteiger partial charge in [0.2, 0.25) is 0 Å². The molecule has 0 amide bonds. The predicted molar refractivity (Wildman–Crippen MR) is 144 cm³/mol. The SMILES string of the molecule is CCc1c(CCN2CCC(c3coc4cc(C)c(Cl)cc34)CC2)sc2c1CNC(C(C)=O)C2.Cl. The van der Waals surface area contributed by atoms with Gasteiger partial charge in [0.1, 0.15) is 11.4 Å². The van der Waals surface area contributed by atoms with E-state index in [-0.39, 0.29) is 24.2 Å². The number of nitrogens with one attached hydrogen (secondary N) is 1. The standard InChI is InChI=1S/C27H33ClN2O2S.ClH/c1-4-19-21-14-29-24(17(3)31)13-27(21)33-26(19)7-10-30-8-5-18(6-9-30)22-15-32-25-11-16(2)23(28)12-20(22)25;/h11-12,15,18,24,29H,4-10,13-14H2,1-3H3;1H. The van der Waals surface area contributed by atoms with Crippen molar-refractivity contribution in [1.29, 1.82) is 0 Å². The minimum absolute atomic E-state index is 0. The smallest absolute Gasteiger partial charge is 0.147 e. The molecule has 7 heteroatoms. The Balaban J connectivity index is 0.00000274. The van der Waals surface area contributed by atoms with Crippen molar-refractivity contribution in [2.24, 2.45) is 0 Å². The molecular formula is C27H34Cl2N2O2S. The highest BCUT2D eigenvalue weighted by molar-refractivity contribution is 7.12. The van der Waals surface area contributed by atoms with Crippen molar-refractivity contribution in [2.75, 3.05) is 19.6 Å². The first-order valence-electron chi connectivity index (χ1n) is 12.2.